The molecule has 2 rings (SSSR count). The van der Waals surface area contributed by atoms with E-state index in [4.69, 9.17) is 58.0 Å². The maximum atomic E-state index is 12.1. The van der Waals surface area contributed by atoms with Crippen molar-refractivity contribution < 1.29 is 42.2 Å². The molecular weight excluding hydrogens is 552 g/mol. The van der Waals surface area contributed by atoms with Gasteiger partial charge in [-0.25, -0.2) is 4.79 Å². The maximum Gasteiger partial charge on any atom is 0.577 e. The molecule has 0 aromatic heterocycles. The maximum absolute atomic E-state index is 12.1. The van der Waals surface area contributed by atoms with E-state index in [-0.39, 0.29) is 6.07 Å². The minimum atomic E-state index is -5.62. The van der Waals surface area contributed by atoms with Gasteiger partial charge in [0.1, 0.15) is 5.56 Å². The lowest BCUT2D eigenvalue weighted by Crippen LogP contribution is -2.23. The molecule has 31 heavy (non-hydrogen) atoms. The van der Waals surface area contributed by atoms with Crippen LogP contribution in [-0.4, -0.2) is 36.0 Å². The monoisotopic (exact) mass is 551 g/mol. The third-order valence-corrected chi connectivity index (χ3v) is 7.51. The Balaban J connectivity index is 2.91. The minimum Gasteiger partial charge on any atom is -0.387 e. The smallest absolute Gasteiger partial charge is 0.387 e. The largest absolute Gasteiger partial charge is 0.577 e. The quantitative estimate of drug-likeness (QED) is 0.156. The molecule has 0 N–H and O–H groups in total. The summed E-state index contributed by atoms with van der Waals surface area (Å²) >= 11 is 29.2. The summed E-state index contributed by atoms with van der Waals surface area (Å²) in [6, 6.07) is -0.00569. The fourth-order valence-corrected chi connectivity index (χ4v) is 4.57. The van der Waals surface area contributed by atoms with E-state index in [0.29, 0.717) is 0 Å². The second kappa shape index (κ2) is 7.51. The Hall–Kier alpha value is -2.07. The number of carbonyl (C=O) groups excluding carboxylic acids is 1. The van der Waals surface area contributed by atoms with Crippen LogP contribution in [0.5, 0.6) is 5.75 Å². The Morgan fingerprint density at radius 3 is 1.68 bits per heavy atom. The van der Waals surface area contributed by atoms with Gasteiger partial charge in [-0.2, -0.15) is 0 Å². The second-order valence-electron chi connectivity index (χ2n) is 5.44. The zero-order valence-electron chi connectivity index (χ0n) is 13.6. The standard InChI is InChI=1S/C11HCl5F3N3O9/c12-8(9(13,14)10(8,15)16)4-2(20(24)25)1-3(30-7(23)31-11(17,18)19)5(21(26)27)6(4)22(28)29/h1H. The molecule has 0 saturated heterocycles. The number of carbonyl (C=O) groups is 1. The molecule has 1 saturated carbocycles. The minimum absolute atomic E-state index is 0.00569. The summed E-state index contributed by atoms with van der Waals surface area (Å²) < 4.78 is 38.0. The van der Waals surface area contributed by atoms with Gasteiger partial charge in [-0.15, -0.1) is 24.8 Å². The van der Waals surface area contributed by atoms with Gasteiger partial charge < -0.3 is 9.47 Å². The van der Waals surface area contributed by atoms with Crippen LogP contribution in [0.1, 0.15) is 5.56 Å². The topological polar surface area (TPSA) is 165 Å². The summed E-state index contributed by atoms with van der Waals surface area (Å²) in [6.07, 6.45) is -8.27. The van der Waals surface area contributed by atoms with E-state index in [1.165, 1.54) is 0 Å². The van der Waals surface area contributed by atoms with Gasteiger partial charge in [0, 0.05) is 0 Å². The highest BCUT2D eigenvalue weighted by Crippen LogP contribution is 2.82. The fourth-order valence-electron chi connectivity index (χ4n) is 2.44. The van der Waals surface area contributed by atoms with Crippen molar-refractivity contribution in [3.8, 4) is 5.75 Å². The normalized spacial score (nSPS) is 18.1. The predicted octanol–water partition coefficient (Wildman–Crippen LogP) is 5.24. The van der Waals surface area contributed by atoms with Gasteiger partial charge in [0.2, 0.25) is 5.75 Å². The highest BCUT2D eigenvalue weighted by atomic mass is 35.5. The number of hydrogen-bond donors (Lipinski definition) is 0. The van der Waals surface area contributed by atoms with Gasteiger partial charge in [-0.1, -0.05) is 46.4 Å². The first-order valence-electron chi connectivity index (χ1n) is 6.88. The van der Waals surface area contributed by atoms with Crippen molar-refractivity contribution >= 4 is 81.2 Å². The van der Waals surface area contributed by atoms with E-state index < -0.39 is 69.2 Å². The number of hydrogen-bond acceptors (Lipinski definition) is 9. The molecule has 1 aliphatic rings. The molecule has 0 radical (unpaired) electrons. The summed E-state index contributed by atoms with van der Waals surface area (Å²) in [5, 5.41) is 34.5. The van der Waals surface area contributed by atoms with Crippen molar-refractivity contribution in [2.45, 2.75) is 19.9 Å². The highest BCUT2D eigenvalue weighted by Gasteiger charge is 2.90. The van der Waals surface area contributed by atoms with Crippen molar-refractivity contribution in [3.05, 3.63) is 42.0 Å². The van der Waals surface area contributed by atoms with Gasteiger partial charge in [0.25, 0.3) is 5.69 Å². The van der Waals surface area contributed by atoms with Crippen LogP contribution < -0.4 is 4.74 Å². The Morgan fingerprint density at radius 1 is 0.903 bits per heavy atom. The van der Waals surface area contributed by atoms with E-state index in [9.17, 15) is 48.3 Å². The molecule has 1 fully saturated rings. The number of nitrogens with zero attached hydrogens (tertiary/aromatic N) is 3. The van der Waals surface area contributed by atoms with Crippen molar-refractivity contribution in [1.82, 2.24) is 0 Å². The lowest BCUT2D eigenvalue weighted by molar-refractivity contribution is -0.425. The van der Waals surface area contributed by atoms with Crippen LogP contribution >= 0.6 is 58.0 Å². The summed E-state index contributed by atoms with van der Waals surface area (Å²) in [7, 11) is 0. The molecule has 0 atom stereocenters. The predicted molar refractivity (Wildman–Crippen MR) is 96.0 cm³/mol. The molecule has 12 nitrogen and oxygen atoms in total. The number of halogens is 8. The molecule has 1 aromatic rings. The number of alkyl halides is 8. The van der Waals surface area contributed by atoms with Gasteiger partial charge in [-0.05, 0) is 0 Å². The second-order valence-corrected chi connectivity index (χ2v) is 8.67. The Labute approximate surface area is 191 Å². The molecule has 0 aliphatic heterocycles. The third-order valence-electron chi connectivity index (χ3n) is 3.71. The molecule has 20 heteroatoms. The third kappa shape index (κ3) is 3.84. The lowest BCUT2D eigenvalue weighted by Gasteiger charge is -2.13. The van der Waals surface area contributed by atoms with Crippen molar-refractivity contribution in [3.63, 3.8) is 0 Å². The van der Waals surface area contributed by atoms with Gasteiger partial charge >= 0.3 is 23.9 Å². The van der Waals surface area contributed by atoms with Crippen LogP contribution in [-0.2, 0) is 9.61 Å². The van der Waals surface area contributed by atoms with Crippen molar-refractivity contribution in [2.75, 3.05) is 0 Å². The highest BCUT2D eigenvalue weighted by molar-refractivity contribution is 6.75. The molecular formula is C11HCl5F3N3O9. The molecule has 0 unspecified atom stereocenters. The van der Waals surface area contributed by atoms with Gasteiger partial charge in [0.15, 0.2) is 13.5 Å². The summed E-state index contributed by atoms with van der Waals surface area (Å²) in [4.78, 5) is 38.3. The average molecular weight is 553 g/mol. The summed E-state index contributed by atoms with van der Waals surface area (Å²) in [5.41, 5.74) is -6.50. The van der Waals surface area contributed by atoms with Crippen LogP contribution in [0, 0.1) is 30.3 Å². The molecule has 1 aliphatic carbocycles. The molecule has 0 amide bonds. The van der Waals surface area contributed by atoms with Crippen LogP contribution in [0.15, 0.2) is 6.07 Å². The number of ether oxygens (including phenoxy) is 2. The van der Waals surface area contributed by atoms with E-state index in [1.54, 1.807) is 0 Å². The van der Waals surface area contributed by atoms with E-state index in [2.05, 4.69) is 9.47 Å². The number of rotatable bonds is 5. The molecule has 1 aromatic carbocycles. The Bertz CT molecular complexity index is 1020. The van der Waals surface area contributed by atoms with Crippen molar-refractivity contribution in [2.24, 2.45) is 0 Å². The molecule has 0 bridgehead atoms. The van der Waals surface area contributed by atoms with Crippen LogP contribution in [0.2, 0.25) is 0 Å². The van der Waals surface area contributed by atoms with E-state index in [1.807, 2.05) is 0 Å². The summed E-state index contributed by atoms with van der Waals surface area (Å²) in [5.74, 6) is -1.66. The van der Waals surface area contributed by atoms with E-state index in [0.717, 1.165) is 0 Å². The SMILES string of the molecule is O=C(Oc1cc([N+](=O)[O-])c(C2(Cl)C(Cl)(Cl)C2(Cl)Cl)c([N+](=O)[O-])c1[N+](=O)[O-])OC(F)(F)F. The number of benzene rings is 1. The van der Waals surface area contributed by atoms with E-state index >= 15 is 0 Å². The Kier molecular flexibility index (Phi) is 6.10. The number of nitro benzene ring substituents is 3. The summed E-state index contributed by atoms with van der Waals surface area (Å²) in [6.45, 7) is 0. The molecule has 170 valence electrons. The molecule has 0 heterocycles. The van der Waals surface area contributed by atoms with Gasteiger partial charge in [0.05, 0.1) is 20.8 Å². The molecule has 0 spiro atoms. The first-order valence-corrected chi connectivity index (χ1v) is 8.77. The fraction of sp³-hybridized carbons (Fsp3) is 0.364. The van der Waals surface area contributed by atoms with Crippen LogP contribution in [0.4, 0.5) is 35.0 Å². The Morgan fingerprint density at radius 2 is 1.35 bits per heavy atom. The van der Waals surface area contributed by atoms with Crippen LogP contribution in [0.25, 0.3) is 0 Å². The average Bonchev–Trinajstić information content (AvgIpc) is 2.88. The number of nitro groups is 3. The lowest BCUT2D eigenvalue weighted by atomic mass is 10.0. The van der Waals surface area contributed by atoms with Gasteiger partial charge in [-0.3, -0.25) is 30.3 Å². The first-order chi connectivity index (χ1) is 13.8. The zero-order chi connectivity index (χ0) is 24.3. The van der Waals surface area contributed by atoms with Crippen molar-refractivity contribution in [1.29, 1.82) is 0 Å². The first kappa shape index (κ1) is 25.2. The zero-order valence-corrected chi connectivity index (χ0v) is 17.4. The van der Waals surface area contributed by atoms with Crippen LogP contribution in [0.3, 0.4) is 0 Å².